The van der Waals surface area contributed by atoms with Gasteiger partial charge in [0.25, 0.3) is 0 Å². The van der Waals surface area contributed by atoms with Gasteiger partial charge in [-0.05, 0) is 25.7 Å². The van der Waals surface area contributed by atoms with Gasteiger partial charge in [-0.1, -0.05) is 177 Å². The number of hydrogen-bond acceptors (Lipinski definition) is 8. The molecule has 0 amide bonds. The lowest BCUT2D eigenvalue weighted by Crippen LogP contribution is -2.02. The van der Waals surface area contributed by atoms with Crippen molar-refractivity contribution in [3.8, 4) is 0 Å². The Morgan fingerprint density at radius 1 is 0.304 bits per heavy atom. The van der Waals surface area contributed by atoms with Crippen LogP contribution in [0.2, 0.25) is 0 Å². The molecule has 0 saturated carbocycles. The van der Waals surface area contributed by atoms with Crippen molar-refractivity contribution in [2.24, 2.45) is 0 Å². The van der Waals surface area contributed by atoms with Crippen LogP contribution in [0.4, 0.5) is 0 Å². The maximum absolute atomic E-state index is 6.22. The van der Waals surface area contributed by atoms with Crippen molar-refractivity contribution >= 4 is 47.0 Å². The molecular formula is C38H68O4S4. The predicted molar refractivity (Wildman–Crippen MR) is 210 cm³/mol. The van der Waals surface area contributed by atoms with Crippen LogP contribution in [0.3, 0.4) is 0 Å². The normalized spacial score (nSPS) is 15.4. The Morgan fingerprint density at radius 2 is 0.522 bits per heavy atom. The van der Waals surface area contributed by atoms with Crippen LogP contribution in [0.1, 0.15) is 156 Å². The Kier molecular flexibility index (Phi) is 28.1. The first-order valence-corrected chi connectivity index (χ1v) is 22.2. The van der Waals surface area contributed by atoms with E-state index in [1.54, 1.807) is 0 Å². The van der Waals surface area contributed by atoms with Crippen molar-refractivity contribution < 1.29 is 18.9 Å². The summed E-state index contributed by atoms with van der Waals surface area (Å²) in [6.45, 7) is 15.3. The van der Waals surface area contributed by atoms with Gasteiger partial charge in [-0.25, -0.2) is 0 Å². The van der Waals surface area contributed by atoms with Gasteiger partial charge in [0.05, 0.1) is 34.9 Å². The number of hydrogen-bond donors (Lipinski definition) is 0. The second-order valence-corrected chi connectivity index (χ2v) is 17.5. The van der Waals surface area contributed by atoms with Gasteiger partial charge in [0.15, 0.2) is 0 Å². The molecule has 0 N–H and O–H groups in total. The fourth-order valence-electron chi connectivity index (χ4n) is 5.21. The van der Waals surface area contributed by atoms with Gasteiger partial charge in [-0.15, -0.1) is 0 Å². The third kappa shape index (κ3) is 20.2. The van der Waals surface area contributed by atoms with Crippen LogP contribution in [0.25, 0.3) is 0 Å². The summed E-state index contributed by atoms with van der Waals surface area (Å²) in [5, 5.41) is 0. The molecule has 0 radical (unpaired) electrons. The molecule has 0 fully saturated rings. The molecule has 2 aliphatic rings. The highest BCUT2D eigenvalue weighted by Crippen LogP contribution is 2.60. The highest BCUT2D eigenvalue weighted by molar-refractivity contribution is 8.34. The molecule has 0 spiro atoms. The largest absolute Gasteiger partial charge is 0.376 e. The fourth-order valence-corrected chi connectivity index (χ4v) is 10.7. The van der Waals surface area contributed by atoms with E-state index in [-0.39, 0.29) is 0 Å². The summed E-state index contributed by atoms with van der Waals surface area (Å²) in [4.78, 5) is 5.37. The van der Waals surface area contributed by atoms with Crippen molar-refractivity contribution in [2.45, 2.75) is 156 Å². The van der Waals surface area contributed by atoms with Crippen molar-refractivity contribution in [1.29, 1.82) is 0 Å². The molecule has 2 heterocycles. The van der Waals surface area contributed by atoms with Crippen molar-refractivity contribution in [3.63, 3.8) is 0 Å². The zero-order valence-electron chi connectivity index (χ0n) is 30.1. The van der Waals surface area contributed by atoms with Gasteiger partial charge in [0.1, 0.15) is 0 Å². The van der Waals surface area contributed by atoms with Crippen LogP contribution in [-0.4, -0.2) is 52.9 Å². The molecule has 0 aromatic carbocycles. The molecule has 0 atom stereocenters. The third-order valence-corrected chi connectivity index (χ3v) is 13.9. The Hall–Kier alpha value is 0.460. The molecule has 2 rings (SSSR count). The Labute approximate surface area is 301 Å². The monoisotopic (exact) mass is 716 g/mol. The molecule has 4 nitrogen and oxygen atoms in total. The number of rotatable bonds is 32. The van der Waals surface area contributed by atoms with E-state index in [9.17, 15) is 0 Å². The van der Waals surface area contributed by atoms with E-state index in [0.29, 0.717) is 26.4 Å². The molecule has 0 aromatic rings. The Morgan fingerprint density at radius 3 is 0.739 bits per heavy atom. The number of unbranched alkanes of at least 4 members (excludes halogenated alkanes) is 16. The Balaban J connectivity index is 1.96. The molecule has 0 aliphatic carbocycles. The first-order chi connectivity index (χ1) is 22.7. The molecule has 0 aromatic heterocycles. The fraction of sp³-hybridized carbons (Fsp3) is 0.842. The highest BCUT2D eigenvalue weighted by Gasteiger charge is 2.30. The molecule has 268 valence electrons. The summed E-state index contributed by atoms with van der Waals surface area (Å²) >= 11 is 7.65. The average molecular weight is 717 g/mol. The van der Waals surface area contributed by atoms with Crippen LogP contribution in [-0.2, 0) is 18.9 Å². The van der Waals surface area contributed by atoms with Crippen LogP contribution in [0.15, 0.2) is 28.1 Å². The quantitative estimate of drug-likeness (QED) is 0.0637. The Bertz CT molecular complexity index is 726. The molecule has 0 unspecified atom stereocenters. The maximum Gasteiger partial charge on any atom is 0.0788 e. The molecule has 8 heteroatoms. The third-order valence-electron chi connectivity index (χ3n) is 8.15. The van der Waals surface area contributed by atoms with Gasteiger partial charge in [-0.3, -0.25) is 0 Å². The lowest BCUT2D eigenvalue weighted by molar-refractivity contribution is 0.146. The SMILES string of the molecule is CCCCCCCOCC1=C(COCCCCCCC)SC(=C2SC(COCCCCCCC)=C(COCCCCCCC)S2)S1. The lowest BCUT2D eigenvalue weighted by atomic mass is 10.2. The topological polar surface area (TPSA) is 36.9 Å². The van der Waals surface area contributed by atoms with E-state index >= 15 is 0 Å². The van der Waals surface area contributed by atoms with Gasteiger partial charge in [-0.2, -0.15) is 0 Å². The zero-order chi connectivity index (χ0) is 32.9. The van der Waals surface area contributed by atoms with Crippen LogP contribution >= 0.6 is 47.0 Å². The second kappa shape index (κ2) is 30.3. The maximum atomic E-state index is 6.22. The molecular weight excluding hydrogens is 649 g/mol. The number of ether oxygens (including phenoxy) is 4. The molecule has 46 heavy (non-hydrogen) atoms. The summed E-state index contributed by atoms with van der Waals surface area (Å²) < 4.78 is 27.6. The van der Waals surface area contributed by atoms with Gasteiger partial charge >= 0.3 is 0 Å². The van der Waals surface area contributed by atoms with Gasteiger partial charge in [0.2, 0.25) is 0 Å². The minimum atomic E-state index is 0.697. The van der Waals surface area contributed by atoms with E-state index < -0.39 is 0 Å². The molecule has 0 bridgehead atoms. The average Bonchev–Trinajstić information content (AvgIpc) is 3.66. The van der Waals surface area contributed by atoms with E-state index in [1.807, 2.05) is 47.0 Å². The van der Waals surface area contributed by atoms with Gasteiger partial charge in [0, 0.05) is 46.0 Å². The summed E-state index contributed by atoms with van der Waals surface area (Å²) in [5.74, 6) is 0. The second-order valence-electron chi connectivity index (χ2n) is 12.5. The summed E-state index contributed by atoms with van der Waals surface area (Å²) in [7, 11) is 0. The minimum absolute atomic E-state index is 0.697. The van der Waals surface area contributed by atoms with Crippen molar-refractivity contribution in [1.82, 2.24) is 0 Å². The van der Waals surface area contributed by atoms with Gasteiger partial charge < -0.3 is 18.9 Å². The first kappa shape index (κ1) is 42.6. The molecule has 0 saturated heterocycles. The van der Waals surface area contributed by atoms with E-state index in [2.05, 4.69) is 27.7 Å². The smallest absolute Gasteiger partial charge is 0.0788 e. The minimum Gasteiger partial charge on any atom is -0.376 e. The lowest BCUT2D eigenvalue weighted by Gasteiger charge is -2.08. The first-order valence-electron chi connectivity index (χ1n) is 18.9. The summed E-state index contributed by atoms with van der Waals surface area (Å²) in [6, 6.07) is 0. The summed E-state index contributed by atoms with van der Waals surface area (Å²) in [6.07, 6.45) is 25.4. The van der Waals surface area contributed by atoms with Crippen molar-refractivity contribution in [2.75, 3.05) is 52.9 Å². The molecule has 2 aliphatic heterocycles. The van der Waals surface area contributed by atoms with Crippen LogP contribution in [0, 0.1) is 0 Å². The summed E-state index contributed by atoms with van der Waals surface area (Å²) in [5.41, 5.74) is 0. The van der Waals surface area contributed by atoms with E-state index in [0.717, 1.165) is 52.1 Å². The zero-order valence-corrected chi connectivity index (χ0v) is 33.3. The number of thioether (sulfide) groups is 4. The van der Waals surface area contributed by atoms with E-state index in [4.69, 9.17) is 18.9 Å². The van der Waals surface area contributed by atoms with Crippen molar-refractivity contribution in [3.05, 3.63) is 28.1 Å². The van der Waals surface area contributed by atoms with Crippen LogP contribution < -0.4 is 0 Å². The van der Waals surface area contributed by atoms with Crippen LogP contribution in [0.5, 0.6) is 0 Å². The predicted octanol–water partition coefficient (Wildman–Crippen LogP) is 13.4. The standard InChI is InChI=1S/C38H68O4S4/c1-5-9-13-17-21-25-39-29-33-34(30-40-26-22-18-14-10-6-2)44-37(43-33)38-45-35(31-41-27-23-19-15-11-7-3)36(46-38)32-42-28-24-20-16-12-8-4/h5-32H2,1-4H3. The highest BCUT2D eigenvalue weighted by atomic mass is 32.2. The van der Waals surface area contributed by atoms with E-state index in [1.165, 1.54) is 131 Å².